The molecule has 0 fully saturated rings. The molecule has 0 saturated carbocycles. The van der Waals surface area contributed by atoms with Gasteiger partial charge in [-0.3, -0.25) is 4.79 Å². The lowest BCUT2D eigenvalue weighted by atomic mass is 10.1. The number of carbonyl (C=O) groups is 1. The molecule has 102 valence electrons. The van der Waals surface area contributed by atoms with Crippen LogP contribution in [0, 0.1) is 0 Å². The molecule has 0 aliphatic heterocycles. The van der Waals surface area contributed by atoms with Crippen molar-refractivity contribution in [3.05, 3.63) is 53.2 Å². The number of nitrogens with zero attached hydrogens (tertiary/aromatic N) is 1. The highest BCUT2D eigenvalue weighted by Gasteiger charge is 2.14. The maximum Gasteiger partial charge on any atom is 0.259 e. The molecule has 1 amide bonds. The van der Waals surface area contributed by atoms with Crippen molar-refractivity contribution in [3.8, 4) is 0 Å². The molecule has 0 atom stereocenters. The quantitative estimate of drug-likeness (QED) is 0.899. The van der Waals surface area contributed by atoms with Gasteiger partial charge in [-0.05, 0) is 54.7 Å². The molecule has 4 nitrogen and oxygen atoms in total. The van der Waals surface area contributed by atoms with Crippen molar-refractivity contribution in [2.45, 2.75) is 19.3 Å². The summed E-state index contributed by atoms with van der Waals surface area (Å²) in [5.74, 6) is 0.451. The molecule has 2 aromatic rings. The molecule has 1 aromatic carbocycles. The number of aryl methyl sites for hydroxylation is 2. The van der Waals surface area contributed by atoms with Gasteiger partial charge in [0.25, 0.3) is 5.91 Å². The van der Waals surface area contributed by atoms with Gasteiger partial charge < -0.3 is 10.6 Å². The van der Waals surface area contributed by atoms with Crippen LogP contribution in [0.1, 0.15) is 27.9 Å². The third-order valence-corrected chi connectivity index (χ3v) is 3.65. The van der Waals surface area contributed by atoms with Crippen LogP contribution in [0.3, 0.4) is 0 Å². The molecule has 0 unspecified atom stereocenters. The lowest BCUT2D eigenvalue weighted by Crippen LogP contribution is -2.14. The second-order valence-electron chi connectivity index (χ2n) is 4.94. The summed E-state index contributed by atoms with van der Waals surface area (Å²) in [6.07, 6.45) is 5.13. The van der Waals surface area contributed by atoms with E-state index in [0.717, 1.165) is 18.5 Å². The molecule has 0 radical (unpaired) electrons. The Balaban J connectivity index is 1.82. The summed E-state index contributed by atoms with van der Waals surface area (Å²) in [6, 6.07) is 9.69. The molecule has 1 aliphatic carbocycles. The third-order valence-electron chi connectivity index (χ3n) is 3.65. The molecule has 4 heteroatoms. The zero-order chi connectivity index (χ0) is 13.9. The van der Waals surface area contributed by atoms with Crippen LogP contribution in [0.15, 0.2) is 36.5 Å². The van der Waals surface area contributed by atoms with Crippen LogP contribution in [-0.2, 0) is 12.8 Å². The van der Waals surface area contributed by atoms with E-state index in [4.69, 9.17) is 0 Å². The second kappa shape index (κ2) is 5.33. The first-order valence-corrected chi connectivity index (χ1v) is 6.84. The predicted molar refractivity (Wildman–Crippen MR) is 80.2 cm³/mol. The summed E-state index contributed by atoms with van der Waals surface area (Å²) in [6.45, 7) is 0. The van der Waals surface area contributed by atoms with Crippen LogP contribution in [0.5, 0.6) is 0 Å². The average molecular weight is 267 g/mol. The number of benzene rings is 1. The van der Waals surface area contributed by atoms with E-state index in [9.17, 15) is 4.79 Å². The predicted octanol–water partition coefficient (Wildman–Crippen LogP) is 2.86. The molecule has 2 N–H and O–H groups in total. The summed E-state index contributed by atoms with van der Waals surface area (Å²) in [7, 11) is 1.76. The molecule has 0 bridgehead atoms. The van der Waals surface area contributed by atoms with Gasteiger partial charge in [-0.1, -0.05) is 6.07 Å². The molecule has 0 saturated heterocycles. The first-order chi connectivity index (χ1) is 9.78. The Kier molecular flexibility index (Phi) is 3.37. The maximum atomic E-state index is 12.3. The second-order valence-corrected chi connectivity index (χ2v) is 4.94. The van der Waals surface area contributed by atoms with E-state index >= 15 is 0 Å². The van der Waals surface area contributed by atoms with Gasteiger partial charge in [0.05, 0.1) is 5.56 Å². The zero-order valence-corrected chi connectivity index (χ0v) is 11.4. The van der Waals surface area contributed by atoms with Gasteiger partial charge in [-0.15, -0.1) is 0 Å². The fourth-order valence-electron chi connectivity index (χ4n) is 2.64. The van der Waals surface area contributed by atoms with Gasteiger partial charge in [0.15, 0.2) is 0 Å². The van der Waals surface area contributed by atoms with Crippen LogP contribution in [0.25, 0.3) is 0 Å². The Labute approximate surface area is 118 Å². The minimum absolute atomic E-state index is 0.139. The third kappa shape index (κ3) is 2.37. The molecular formula is C16H17N3O. The highest BCUT2D eigenvalue weighted by Crippen LogP contribution is 2.25. The van der Waals surface area contributed by atoms with Crippen molar-refractivity contribution in [3.63, 3.8) is 0 Å². The van der Waals surface area contributed by atoms with Crippen LogP contribution < -0.4 is 10.6 Å². The van der Waals surface area contributed by atoms with Crippen molar-refractivity contribution in [1.29, 1.82) is 0 Å². The average Bonchev–Trinajstić information content (AvgIpc) is 2.94. The normalized spacial score (nSPS) is 12.8. The highest BCUT2D eigenvalue weighted by molar-refractivity contribution is 6.07. The SMILES string of the molecule is CNc1ncccc1C(=O)Nc1ccc2c(c1)CCC2. The molecule has 3 rings (SSSR count). The largest absolute Gasteiger partial charge is 0.372 e. The van der Waals surface area contributed by atoms with E-state index < -0.39 is 0 Å². The number of pyridine rings is 1. The van der Waals surface area contributed by atoms with Crippen molar-refractivity contribution < 1.29 is 4.79 Å². The lowest BCUT2D eigenvalue weighted by Gasteiger charge is -2.10. The Morgan fingerprint density at radius 2 is 2.05 bits per heavy atom. The molecular weight excluding hydrogens is 250 g/mol. The van der Waals surface area contributed by atoms with Crippen LogP contribution in [0.2, 0.25) is 0 Å². The zero-order valence-electron chi connectivity index (χ0n) is 11.4. The molecule has 1 heterocycles. The number of nitrogens with one attached hydrogen (secondary N) is 2. The Hall–Kier alpha value is -2.36. The van der Waals surface area contributed by atoms with E-state index in [1.54, 1.807) is 25.4 Å². The molecule has 20 heavy (non-hydrogen) atoms. The topological polar surface area (TPSA) is 54.0 Å². The number of hydrogen-bond donors (Lipinski definition) is 2. The summed E-state index contributed by atoms with van der Waals surface area (Å²) >= 11 is 0. The summed E-state index contributed by atoms with van der Waals surface area (Å²) in [5, 5.41) is 5.88. The minimum Gasteiger partial charge on any atom is -0.372 e. The standard InChI is InChI=1S/C16H17N3O/c1-17-15-14(6-3-9-18-15)16(20)19-13-8-7-11-4-2-5-12(11)10-13/h3,6-10H,2,4-5H2,1H3,(H,17,18)(H,19,20). The van der Waals surface area contributed by atoms with Gasteiger partial charge in [0.2, 0.25) is 0 Å². The molecule has 0 spiro atoms. The Morgan fingerprint density at radius 1 is 1.20 bits per heavy atom. The van der Waals surface area contributed by atoms with Crippen molar-refractivity contribution >= 4 is 17.4 Å². The summed E-state index contributed by atoms with van der Waals surface area (Å²) < 4.78 is 0. The summed E-state index contributed by atoms with van der Waals surface area (Å²) in [4.78, 5) is 16.4. The van der Waals surface area contributed by atoms with Crippen LogP contribution >= 0.6 is 0 Å². The van der Waals surface area contributed by atoms with Crippen LogP contribution in [0.4, 0.5) is 11.5 Å². The van der Waals surface area contributed by atoms with E-state index in [-0.39, 0.29) is 5.91 Å². The Bertz CT molecular complexity index is 652. The number of rotatable bonds is 3. The smallest absolute Gasteiger partial charge is 0.259 e. The van der Waals surface area contributed by atoms with Crippen molar-refractivity contribution in [2.75, 3.05) is 17.7 Å². The van der Waals surface area contributed by atoms with Crippen molar-refractivity contribution in [2.24, 2.45) is 0 Å². The number of hydrogen-bond acceptors (Lipinski definition) is 3. The Morgan fingerprint density at radius 3 is 2.90 bits per heavy atom. The number of carbonyl (C=O) groups excluding carboxylic acids is 1. The van der Waals surface area contributed by atoms with Crippen LogP contribution in [-0.4, -0.2) is 17.9 Å². The highest BCUT2D eigenvalue weighted by atomic mass is 16.1. The first-order valence-electron chi connectivity index (χ1n) is 6.84. The molecule has 1 aromatic heterocycles. The van der Waals surface area contributed by atoms with Gasteiger partial charge in [-0.25, -0.2) is 4.98 Å². The first kappa shape index (κ1) is 12.7. The minimum atomic E-state index is -0.139. The number of anilines is 2. The maximum absolute atomic E-state index is 12.3. The number of fused-ring (bicyclic) bond motifs is 1. The van der Waals surface area contributed by atoms with E-state index in [2.05, 4.69) is 27.8 Å². The summed E-state index contributed by atoms with van der Waals surface area (Å²) in [5.41, 5.74) is 4.15. The number of amides is 1. The van der Waals surface area contributed by atoms with E-state index in [1.165, 1.54) is 17.5 Å². The van der Waals surface area contributed by atoms with E-state index in [0.29, 0.717) is 11.4 Å². The fraction of sp³-hybridized carbons (Fsp3) is 0.250. The van der Waals surface area contributed by atoms with Gasteiger partial charge in [-0.2, -0.15) is 0 Å². The van der Waals surface area contributed by atoms with E-state index in [1.807, 2.05) is 6.07 Å². The van der Waals surface area contributed by atoms with Crippen molar-refractivity contribution in [1.82, 2.24) is 4.98 Å². The van der Waals surface area contributed by atoms with Gasteiger partial charge >= 0.3 is 0 Å². The van der Waals surface area contributed by atoms with Gasteiger partial charge in [0, 0.05) is 18.9 Å². The number of aromatic nitrogens is 1. The fourth-order valence-corrected chi connectivity index (χ4v) is 2.64. The monoisotopic (exact) mass is 267 g/mol. The van der Waals surface area contributed by atoms with Gasteiger partial charge in [0.1, 0.15) is 5.82 Å². The molecule has 1 aliphatic rings. The lowest BCUT2D eigenvalue weighted by molar-refractivity contribution is 0.102.